The predicted octanol–water partition coefficient (Wildman–Crippen LogP) is 1.11. The van der Waals surface area contributed by atoms with Gasteiger partial charge in [0.15, 0.2) is 0 Å². The van der Waals surface area contributed by atoms with Crippen molar-refractivity contribution < 1.29 is 8.42 Å². The number of thiazole rings is 1. The van der Waals surface area contributed by atoms with Crippen LogP contribution in [-0.2, 0) is 16.8 Å². The lowest BCUT2D eigenvalue weighted by Crippen LogP contribution is -2.47. The second-order valence-corrected chi connectivity index (χ2v) is 8.08. The Bertz CT molecular complexity index is 544. The summed E-state index contributed by atoms with van der Waals surface area (Å²) in [7, 11) is -3.41. The first-order valence-corrected chi connectivity index (χ1v) is 9.69. The third-order valence-electron chi connectivity index (χ3n) is 3.58. The van der Waals surface area contributed by atoms with E-state index in [4.69, 9.17) is 0 Å². The molecule has 1 saturated heterocycles. The Morgan fingerprint density at radius 3 is 3.00 bits per heavy atom. The molecule has 1 fully saturated rings. The second-order valence-electron chi connectivity index (χ2n) is 5.38. The summed E-state index contributed by atoms with van der Waals surface area (Å²) in [5.41, 5.74) is 0.929. The van der Waals surface area contributed by atoms with Crippen LogP contribution in [0.25, 0.3) is 0 Å². The van der Waals surface area contributed by atoms with Gasteiger partial charge in [-0.2, -0.15) is 17.4 Å². The average molecular weight is 332 g/mol. The molecular weight excluding hydrogens is 308 g/mol. The summed E-state index contributed by atoms with van der Waals surface area (Å²) < 4.78 is 28.9. The number of hydrogen-bond acceptors (Lipinski definition) is 5. The SMILES string of the molecule is CCNCC1CCCN(S(=O)(=O)NCc2nc(C)cs2)C1. The summed E-state index contributed by atoms with van der Waals surface area (Å²) in [5.74, 6) is 0.400. The lowest BCUT2D eigenvalue weighted by Gasteiger charge is -2.31. The van der Waals surface area contributed by atoms with Crippen molar-refractivity contribution in [3.8, 4) is 0 Å². The van der Waals surface area contributed by atoms with E-state index in [0.717, 1.165) is 36.6 Å². The van der Waals surface area contributed by atoms with Crippen LogP contribution in [0, 0.1) is 12.8 Å². The Morgan fingerprint density at radius 2 is 2.33 bits per heavy atom. The molecule has 120 valence electrons. The molecule has 0 radical (unpaired) electrons. The van der Waals surface area contributed by atoms with Crippen LogP contribution in [-0.4, -0.2) is 43.9 Å². The zero-order chi connectivity index (χ0) is 15.3. The molecule has 0 aromatic carbocycles. The number of nitrogens with zero attached hydrogens (tertiary/aromatic N) is 2. The lowest BCUT2D eigenvalue weighted by atomic mass is 10.00. The zero-order valence-corrected chi connectivity index (χ0v) is 14.3. The van der Waals surface area contributed by atoms with Gasteiger partial charge in [-0.3, -0.25) is 0 Å². The first-order chi connectivity index (χ1) is 10.0. The van der Waals surface area contributed by atoms with E-state index in [1.54, 1.807) is 4.31 Å². The fourth-order valence-electron chi connectivity index (χ4n) is 2.49. The third-order valence-corrected chi connectivity index (χ3v) is 6.06. The van der Waals surface area contributed by atoms with Crippen molar-refractivity contribution in [1.29, 1.82) is 0 Å². The maximum absolute atomic E-state index is 12.4. The van der Waals surface area contributed by atoms with E-state index in [1.807, 2.05) is 12.3 Å². The molecule has 0 saturated carbocycles. The van der Waals surface area contributed by atoms with Gasteiger partial charge in [-0.25, -0.2) is 4.98 Å². The molecule has 1 aliphatic heterocycles. The van der Waals surface area contributed by atoms with Gasteiger partial charge >= 0.3 is 0 Å². The largest absolute Gasteiger partial charge is 0.317 e. The summed E-state index contributed by atoms with van der Waals surface area (Å²) in [6.07, 6.45) is 2.01. The van der Waals surface area contributed by atoms with Gasteiger partial charge < -0.3 is 5.32 Å². The number of piperidine rings is 1. The zero-order valence-electron chi connectivity index (χ0n) is 12.6. The molecule has 0 amide bonds. The molecule has 1 atom stereocenters. The molecule has 2 N–H and O–H groups in total. The molecule has 2 rings (SSSR count). The summed E-state index contributed by atoms with van der Waals surface area (Å²) in [6, 6.07) is 0. The van der Waals surface area contributed by atoms with E-state index >= 15 is 0 Å². The number of hydrogen-bond donors (Lipinski definition) is 2. The van der Waals surface area contributed by atoms with E-state index in [0.29, 0.717) is 19.0 Å². The molecule has 2 heterocycles. The minimum Gasteiger partial charge on any atom is -0.317 e. The van der Waals surface area contributed by atoms with Crippen LogP contribution in [0.3, 0.4) is 0 Å². The van der Waals surface area contributed by atoms with E-state index < -0.39 is 10.2 Å². The van der Waals surface area contributed by atoms with E-state index in [2.05, 4.69) is 21.9 Å². The Hall–Kier alpha value is -0.540. The second kappa shape index (κ2) is 7.64. The van der Waals surface area contributed by atoms with E-state index in [1.165, 1.54) is 11.3 Å². The average Bonchev–Trinajstić information content (AvgIpc) is 2.89. The van der Waals surface area contributed by atoms with Crippen LogP contribution in [0.15, 0.2) is 5.38 Å². The number of nitrogens with one attached hydrogen (secondary N) is 2. The lowest BCUT2D eigenvalue weighted by molar-refractivity contribution is 0.258. The third kappa shape index (κ3) is 5.00. The highest BCUT2D eigenvalue weighted by atomic mass is 32.2. The van der Waals surface area contributed by atoms with Crippen LogP contribution in [0.1, 0.15) is 30.5 Å². The number of aromatic nitrogens is 1. The van der Waals surface area contributed by atoms with Gasteiger partial charge in [0.2, 0.25) is 0 Å². The fraction of sp³-hybridized carbons (Fsp3) is 0.769. The van der Waals surface area contributed by atoms with Crippen LogP contribution >= 0.6 is 11.3 Å². The molecule has 1 aliphatic rings. The summed E-state index contributed by atoms with van der Waals surface area (Å²) in [4.78, 5) is 4.28. The first kappa shape index (κ1) is 16.8. The van der Waals surface area contributed by atoms with Gasteiger partial charge in [-0.15, -0.1) is 11.3 Å². The fourth-order valence-corrected chi connectivity index (χ4v) is 4.57. The van der Waals surface area contributed by atoms with Crippen LogP contribution in [0.5, 0.6) is 0 Å². The van der Waals surface area contributed by atoms with Crippen molar-refractivity contribution in [2.45, 2.75) is 33.2 Å². The minimum atomic E-state index is -3.41. The quantitative estimate of drug-likeness (QED) is 0.784. The smallest absolute Gasteiger partial charge is 0.279 e. The normalized spacial score (nSPS) is 20.8. The molecule has 21 heavy (non-hydrogen) atoms. The molecule has 6 nitrogen and oxygen atoms in total. The molecule has 1 unspecified atom stereocenters. The van der Waals surface area contributed by atoms with Crippen LogP contribution < -0.4 is 10.0 Å². The van der Waals surface area contributed by atoms with Gasteiger partial charge in [0.1, 0.15) is 5.01 Å². The predicted molar refractivity (Wildman–Crippen MR) is 85.5 cm³/mol. The Labute approximate surface area is 131 Å². The van der Waals surface area contributed by atoms with Crippen molar-refractivity contribution in [1.82, 2.24) is 19.3 Å². The Balaban J connectivity index is 1.89. The van der Waals surface area contributed by atoms with Crippen LogP contribution in [0.2, 0.25) is 0 Å². The van der Waals surface area contributed by atoms with Gasteiger partial charge in [-0.1, -0.05) is 6.92 Å². The molecule has 0 aliphatic carbocycles. The number of rotatable bonds is 7. The monoisotopic (exact) mass is 332 g/mol. The highest BCUT2D eigenvalue weighted by Crippen LogP contribution is 2.18. The van der Waals surface area contributed by atoms with Crippen molar-refractivity contribution in [3.63, 3.8) is 0 Å². The van der Waals surface area contributed by atoms with Gasteiger partial charge in [0, 0.05) is 24.2 Å². The van der Waals surface area contributed by atoms with Gasteiger partial charge in [-0.05, 0) is 38.8 Å². The van der Waals surface area contributed by atoms with Gasteiger partial charge in [0.25, 0.3) is 10.2 Å². The highest BCUT2D eigenvalue weighted by molar-refractivity contribution is 7.87. The van der Waals surface area contributed by atoms with Crippen LogP contribution in [0.4, 0.5) is 0 Å². The van der Waals surface area contributed by atoms with Crippen molar-refractivity contribution in [2.24, 2.45) is 5.92 Å². The number of aryl methyl sites for hydroxylation is 1. The Morgan fingerprint density at radius 1 is 1.52 bits per heavy atom. The van der Waals surface area contributed by atoms with Crippen molar-refractivity contribution in [2.75, 3.05) is 26.2 Å². The molecule has 1 aromatic heterocycles. The maximum atomic E-state index is 12.4. The summed E-state index contributed by atoms with van der Waals surface area (Å²) in [6.45, 7) is 7.25. The molecule has 8 heteroatoms. The maximum Gasteiger partial charge on any atom is 0.279 e. The van der Waals surface area contributed by atoms with E-state index in [9.17, 15) is 8.42 Å². The standard InChI is InChI=1S/C13H24N4O2S2/c1-3-14-7-12-5-4-6-17(9-12)21(18,19)15-8-13-16-11(2)10-20-13/h10,12,14-15H,3-9H2,1-2H3. The molecular formula is C13H24N4O2S2. The summed E-state index contributed by atoms with van der Waals surface area (Å²) in [5, 5.41) is 6.03. The summed E-state index contributed by atoms with van der Waals surface area (Å²) >= 11 is 1.48. The first-order valence-electron chi connectivity index (χ1n) is 7.37. The Kier molecular flexibility index (Phi) is 6.12. The minimum absolute atomic E-state index is 0.273. The molecule has 1 aromatic rings. The van der Waals surface area contributed by atoms with E-state index in [-0.39, 0.29) is 6.54 Å². The van der Waals surface area contributed by atoms with Crippen molar-refractivity contribution >= 4 is 21.5 Å². The molecule has 0 bridgehead atoms. The molecule has 0 spiro atoms. The van der Waals surface area contributed by atoms with Gasteiger partial charge in [0.05, 0.1) is 6.54 Å². The highest BCUT2D eigenvalue weighted by Gasteiger charge is 2.28. The van der Waals surface area contributed by atoms with Crippen molar-refractivity contribution in [3.05, 3.63) is 16.1 Å². The topological polar surface area (TPSA) is 74.3 Å².